The highest BCUT2D eigenvalue weighted by atomic mass is 35.5. The van der Waals surface area contributed by atoms with Crippen molar-refractivity contribution in [2.45, 2.75) is 12.3 Å². The summed E-state index contributed by atoms with van der Waals surface area (Å²) in [7, 11) is 0. The van der Waals surface area contributed by atoms with Crippen LogP contribution in [0.3, 0.4) is 0 Å². The number of amides is 2. The number of ether oxygens (including phenoxy) is 1. The van der Waals surface area contributed by atoms with Gasteiger partial charge in [-0.3, -0.25) is 14.2 Å². The number of primary amides is 1. The van der Waals surface area contributed by atoms with Crippen LogP contribution in [0.1, 0.15) is 23.6 Å². The Labute approximate surface area is 166 Å². The first-order valence-corrected chi connectivity index (χ1v) is 9.03. The molecule has 4 rings (SSSR count). The molecule has 1 aliphatic heterocycles. The average Bonchev–Trinajstić information content (AvgIpc) is 3.09. The van der Waals surface area contributed by atoms with E-state index in [0.29, 0.717) is 16.6 Å². The first kappa shape index (κ1) is 18.1. The molecule has 1 aliphatic rings. The third-order valence-electron chi connectivity index (χ3n) is 4.50. The minimum atomic E-state index is -0.551. The zero-order chi connectivity index (χ0) is 19.7. The van der Waals surface area contributed by atoms with E-state index in [9.17, 15) is 9.59 Å². The predicted octanol–water partition coefficient (Wildman–Crippen LogP) is 2.86. The summed E-state index contributed by atoms with van der Waals surface area (Å²) in [6, 6.07) is 14.6. The molecule has 1 aromatic heterocycles. The van der Waals surface area contributed by atoms with Gasteiger partial charge in [-0.25, -0.2) is 4.98 Å². The van der Waals surface area contributed by atoms with Gasteiger partial charge in [-0.15, -0.1) is 0 Å². The van der Waals surface area contributed by atoms with Crippen molar-refractivity contribution < 1.29 is 14.3 Å². The van der Waals surface area contributed by atoms with Crippen molar-refractivity contribution in [2.75, 3.05) is 11.9 Å². The number of carbonyl (C=O) groups excluding carboxylic acids is 2. The van der Waals surface area contributed by atoms with Crippen molar-refractivity contribution in [2.24, 2.45) is 5.73 Å². The first-order valence-electron chi connectivity index (χ1n) is 8.65. The molecule has 0 saturated heterocycles. The lowest BCUT2D eigenvalue weighted by molar-refractivity contribution is -0.120. The van der Waals surface area contributed by atoms with E-state index in [-0.39, 0.29) is 24.9 Å². The number of hydrogen-bond acceptors (Lipinski definition) is 4. The number of nitrogens with two attached hydrogens (primary N) is 1. The van der Waals surface area contributed by atoms with Crippen molar-refractivity contribution in [3.8, 4) is 11.4 Å². The summed E-state index contributed by atoms with van der Waals surface area (Å²) in [6.45, 7) is -0.205. The van der Waals surface area contributed by atoms with E-state index in [2.05, 4.69) is 10.3 Å². The van der Waals surface area contributed by atoms with Crippen LogP contribution in [0.15, 0.2) is 54.9 Å². The second-order valence-corrected chi connectivity index (χ2v) is 6.90. The van der Waals surface area contributed by atoms with Gasteiger partial charge in [0.2, 0.25) is 5.91 Å². The SMILES string of the molecule is NC(=O)COc1cccc([C@@H]2CC(=O)Nc3c2ncn3-c2cccc(Cl)c2)c1. The normalized spacial score (nSPS) is 15.6. The van der Waals surface area contributed by atoms with Crippen LogP contribution in [0.4, 0.5) is 5.82 Å². The number of rotatable bonds is 5. The molecular weight excluding hydrogens is 380 g/mol. The summed E-state index contributed by atoms with van der Waals surface area (Å²) in [4.78, 5) is 27.9. The molecule has 0 fully saturated rings. The van der Waals surface area contributed by atoms with E-state index in [0.717, 1.165) is 16.9 Å². The molecule has 142 valence electrons. The highest BCUT2D eigenvalue weighted by Gasteiger charge is 2.31. The molecule has 0 bridgehead atoms. The number of aromatic nitrogens is 2. The molecular formula is C20H17ClN4O3. The second kappa shape index (κ2) is 7.36. The number of nitrogens with one attached hydrogen (secondary N) is 1. The van der Waals surface area contributed by atoms with E-state index in [1.54, 1.807) is 35.2 Å². The van der Waals surface area contributed by atoms with Crippen LogP contribution in [-0.2, 0) is 9.59 Å². The summed E-state index contributed by atoms with van der Waals surface area (Å²) in [5.41, 5.74) is 7.56. The molecule has 2 heterocycles. The van der Waals surface area contributed by atoms with Crippen LogP contribution >= 0.6 is 11.6 Å². The van der Waals surface area contributed by atoms with Crippen LogP contribution < -0.4 is 15.8 Å². The third-order valence-corrected chi connectivity index (χ3v) is 4.74. The number of hydrogen-bond donors (Lipinski definition) is 2. The highest BCUT2D eigenvalue weighted by Crippen LogP contribution is 2.38. The Morgan fingerprint density at radius 3 is 2.89 bits per heavy atom. The Balaban J connectivity index is 1.71. The Bertz CT molecular complexity index is 1060. The maximum absolute atomic E-state index is 12.4. The molecule has 0 aliphatic carbocycles. The van der Waals surface area contributed by atoms with Gasteiger partial charge in [-0.1, -0.05) is 29.8 Å². The van der Waals surface area contributed by atoms with E-state index in [1.165, 1.54) is 0 Å². The van der Waals surface area contributed by atoms with E-state index < -0.39 is 5.91 Å². The van der Waals surface area contributed by atoms with Gasteiger partial charge in [0.1, 0.15) is 17.9 Å². The van der Waals surface area contributed by atoms with Gasteiger partial charge < -0.3 is 15.8 Å². The number of imidazole rings is 1. The summed E-state index contributed by atoms with van der Waals surface area (Å²) < 4.78 is 7.19. The van der Waals surface area contributed by atoms with Crippen molar-refractivity contribution in [1.29, 1.82) is 0 Å². The molecule has 2 aromatic carbocycles. The van der Waals surface area contributed by atoms with E-state index in [1.807, 2.05) is 24.3 Å². The minimum absolute atomic E-state index is 0.107. The maximum atomic E-state index is 12.4. The predicted molar refractivity (Wildman–Crippen MR) is 105 cm³/mol. The number of anilines is 1. The van der Waals surface area contributed by atoms with Gasteiger partial charge in [0.05, 0.1) is 5.69 Å². The van der Waals surface area contributed by atoms with Crippen molar-refractivity contribution >= 4 is 29.2 Å². The molecule has 3 aromatic rings. The summed E-state index contributed by atoms with van der Waals surface area (Å²) in [5.74, 6) is 0.237. The number of carbonyl (C=O) groups is 2. The standard InChI is InChI=1S/C20H17ClN4O3/c21-13-4-2-5-14(8-13)25-11-23-19-16(9-18(27)24-20(19)25)12-3-1-6-15(7-12)28-10-17(22)26/h1-8,11,16H,9-10H2,(H2,22,26)(H,24,27)/t16-/m0/s1. The quantitative estimate of drug-likeness (QED) is 0.692. The van der Waals surface area contributed by atoms with Gasteiger partial charge in [-0.05, 0) is 35.9 Å². The topological polar surface area (TPSA) is 99.2 Å². The van der Waals surface area contributed by atoms with Gasteiger partial charge in [0, 0.05) is 23.0 Å². The lowest BCUT2D eigenvalue weighted by atomic mass is 9.89. The Kier molecular flexibility index (Phi) is 4.75. The monoisotopic (exact) mass is 396 g/mol. The smallest absolute Gasteiger partial charge is 0.255 e. The summed E-state index contributed by atoms with van der Waals surface area (Å²) >= 11 is 6.10. The fourth-order valence-corrected chi connectivity index (χ4v) is 3.46. The molecule has 0 radical (unpaired) electrons. The van der Waals surface area contributed by atoms with Crippen molar-refractivity contribution in [1.82, 2.24) is 9.55 Å². The Hall–Kier alpha value is -3.32. The second-order valence-electron chi connectivity index (χ2n) is 6.46. The Morgan fingerprint density at radius 1 is 1.29 bits per heavy atom. The van der Waals surface area contributed by atoms with Crippen molar-refractivity contribution in [3.05, 3.63) is 71.1 Å². The van der Waals surface area contributed by atoms with Crippen LogP contribution in [-0.4, -0.2) is 28.0 Å². The van der Waals surface area contributed by atoms with Gasteiger partial charge in [0.15, 0.2) is 6.61 Å². The molecule has 0 spiro atoms. The zero-order valence-corrected chi connectivity index (χ0v) is 15.5. The fraction of sp³-hybridized carbons (Fsp3) is 0.150. The number of benzene rings is 2. The van der Waals surface area contributed by atoms with Gasteiger partial charge in [0.25, 0.3) is 5.91 Å². The van der Waals surface area contributed by atoms with Gasteiger partial charge >= 0.3 is 0 Å². The van der Waals surface area contributed by atoms with Crippen molar-refractivity contribution in [3.63, 3.8) is 0 Å². The Morgan fingerprint density at radius 2 is 2.11 bits per heavy atom. The van der Waals surface area contributed by atoms with Crippen LogP contribution in [0.5, 0.6) is 5.75 Å². The first-order chi connectivity index (χ1) is 13.5. The number of fused-ring (bicyclic) bond motifs is 1. The zero-order valence-electron chi connectivity index (χ0n) is 14.8. The van der Waals surface area contributed by atoms with E-state index in [4.69, 9.17) is 22.1 Å². The molecule has 7 nitrogen and oxygen atoms in total. The average molecular weight is 397 g/mol. The maximum Gasteiger partial charge on any atom is 0.255 e. The molecule has 8 heteroatoms. The summed E-state index contributed by atoms with van der Waals surface area (Å²) in [6.07, 6.45) is 1.93. The lowest BCUT2D eigenvalue weighted by Crippen LogP contribution is -2.25. The van der Waals surface area contributed by atoms with Crippen LogP contribution in [0.25, 0.3) is 5.69 Å². The molecule has 3 N–H and O–H groups in total. The molecule has 0 saturated carbocycles. The highest BCUT2D eigenvalue weighted by molar-refractivity contribution is 6.30. The molecule has 28 heavy (non-hydrogen) atoms. The third kappa shape index (κ3) is 3.57. The lowest BCUT2D eigenvalue weighted by Gasteiger charge is -2.23. The number of nitrogens with zero attached hydrogens (tertiary/aromatic N) is 2. The molecule has 2 amide bonds. The van der Waals surface area contributed by atoms with Crippen LogP contribution in [0.2, 0.25) is 5.02 Å². The largest absolute Gasteiger partial charge is 0.484 e. The van der Waals surface area contributed by atoms with E-state index >= 15 is 0 Å². The minimum Gasteiger partial charge on any atom is -0.484 e. The number of halogens is 1. The molecule has 1 atom stereocenters. The molecule has 0 unspecified atom stereocenters. The van der Waals surface area contributed by atoms with Crippen LogP contribution in [0, 0.1) is 0 Å². The summed E-state index contributed by atoms with van der Waals surface area (Å²) in [5, 5.41) is 3.50. The fourth-order valence-electron chi connectivity index (χ4n) is 3.28. The van der Waals surface area contributed by atoms with Gasteiger partial charge in [-0.2, -0.15) is 0 Å².